The Morgan fingerprint density at radius 2 is 2.12 bits per heavy atom. The molecule has 25 heavy (non-hydrogen) atoms. The SMILES string of the molecule is Cc1csc(CN2CC[C@H]3C(=O)N(c4ccccc4)CCO[C@H]3C2)n1. The molecule has 5 nitrogen and oxygen atoms in total. The first-order valence-electron chi connectivity index (χ1n) is 8.82. The van der Waals surface area contributed by atoms with Crippen LogP contribution in [0.15, 0.2) is 35.7 Å². The van der Waals surface area contributed by atoms with Crippen LogP contribution in [0.1, 0.15) is 17.1 Å². The summed E-state index contributed by atoms with van der Waals surface area (Å²) in [5.74, 6) is 0.162. The number of aryl methyl sites for hydroxylation is 1. The third-order valence-electron chi connectivity index (χ3n) is 4.97. The maximum absolute atomic E-state index is 13.1. The van der Waals surface area contributed by atoms with E-state index in [1.807, 2.05) is 42.2 Å². The number of thiazole rings is 1. The van der Waals surface area contributed by atoms with Crippen molar-refractivity contribution in [1.29, 1.82) is 0 Å². The van der Waals surface area contributed by atoms with Crippen LogP contribution < -0.4 is 4.90 Å². The van der Waals surface area contributed by atoms with Gasteiger partial charge in [-0.05, 0) is 32.0 Å². The maximum atomic E-state index is 13.1. The van der Waals surface area contributed by atoms with E-state index < -0.39 is 0 Å². The Bertz CT molecular complexity index is 733. The summed E-state index contributed by atoms with van der Waals surface area (Å²) < 4.78 is 6.08. The van der Waals surface area contributed by atoms with Crippen LogP contribution in [0.2, 0.25) is 0 Å². The molecule has 0 bridgehead atoms. The summed E-state index contributed by atoms with van der Waals surface area (Å²) in [5, 5.41) is 3.23. The van der Waals surface area contributed by atoms with Gasteiger partial charge in [0.25, 0.3) is 0 Å². The number of nitrogens with zero attached hydrogens (tertiary/aromatic N) is 3. The van der Waals surface area contributed by atoms with Gasteiger partial charge in [-0.2, -0.15) is 0 Å². The molecule has 4 rings (SSSR count). The molecule has 0 radical (unpaired) electrons. The highest BCUT2D eigenvalue weighted by atomic mass is 32.1. The van der Waals surface area contributed by atoms with Gasteiger partial charge in [-0.1, -0.05) is 18.2 Å². The van der Waals surface area contributed by atoms with Gasteiger partial charge in [-0.15, -0.1) is 11.3 Å². The van der Waals surface area contributed by atoms with Crippen LogP contribution in [0, 0.1) is 12.8 Å². The van der Waals surface area contributed by atoms with Gasteiger partial charge in [0.1, 0.15) is 5.01 Å². The van der Waals surface area contributed by atoms with Crippen LogP contribution >= 0.6 is 11.3 Å². The largest absolute Gasteiger partial charge is 0.374 e. The van der Waals surface area contributed by atoms with Crippen molar-refractivity contribution in [2.75, 3.05) is 31.1 Å². The van der Waals surface area contributed by atoms with Crippen molar-refractivity contribution < 1.29 is 9.53 Å². The quantitative estimate of drug-likeness (QED) is 0.847. The van der Waals surface area contributed by atoms with Gasteiger partial charge >= 0.3 is 0 Å². The number of fused-ring (bicyclic) bond motifs is 1. The fourth-order valence-corrected chi connectivity index (χ4v) is 4.53. The lowest BCUT2D eigenvalue weighted by atomic mass is 9.92. The fourth-order valence-electron chi connectivity index (χ4n) is 3.71. The molecule has 0 spiro atoms. The van der Waals surface area contributed by atoms with Gasteiger partial charge in [0.15, 0.2) is 0 Å². The summed E-state index contributed by atoms with van der Waals surface area (Å²) in [6, 6.07) is 9.93. The average molecular weight is 357 g/mol. The molecule has 132 valence electrons. The van der Waals surface area contributed by atoms with Crippen molar-refractivity contribution in [2.24, 2.45) is 5.92 Å². The van der Waals surface area contributed by atoms with Gasteiger partial charge < -0.3 is 9.64 Å². The normalized spacial score (nSPS) is 24.8. The van der Waals surface area contributed by atoms with Crippen LogP contribution in [0.3, 0.4) is 0 Å². The molecule has 0 unspecified atom stereocenters. The van der Waals surface area contributed by atoms with Crippen LogP contribution in [0.5, 0.6) is 0 Å². The standard InChI is InChI=1S/C19H23N3O2S/c1-14-13-25-18(20-14)12-21-8-7-16-17(11-21)24-10-9-22(19(16)23)15-5-3-2-4-6-15/h2-6,13,16-17H,7-12H2,1H3/t16-,17+/m1/s1. The van der Waals surface area contributed by atoms with Gasteiger partial charge in [-0.25, -0.2) is 4.98 Å². The zero-order chi connectivity index (χ0) is 17.2. The van der Waals surface area contributed by atoms with E-state index in [0.717, 1.165) is 42.4 Å². The predicted molar refractivity (Wildman–Crippen MR) is 98.8 cm³/mol. The molecule has 0 saturated carbocycles. The number of amides is 1. The number of aromatic nitrogens is 1. The van der Waals surface area contributed by atoms with E-state index in [-0.39, 0.29) is 17.9 Å². The van der Waals surface area contributed by atoms with Crippen molar-refractivity contribution in [1.82, 2.24) is 9.88 Å². The number of piperidine rings is 1. The minimum Gasteiger partial charge on any atom is -0.374 e. The zero-order valence-corrected chi connectivity index (χ0v) is 15.2. The van der Waals surface area contributed by atoms with E-state index in [9.17, 15) is 4.79 Å². The molecule has 2 aromatic rings. The first kappa shape index (κ1) is 16.7. The van der Waals surface area contributed by atoms with E-state index in [1.54, 1.807) is 11.3 Å². The first-order valence-corrected chi connectivity index (χ1v) is 9.70. The van der Waals surface area contributed by atoms with Gasteiger partial charge in [0.2, 0.25) is 5.91 Å². The van der Waals surface area contributed by atoms with Crippen molar-refractivity contribution in [2.45, 2.75) is 26.0 Å². The number of carbonyl (C=O) groups excluding carboxylic acids is 1. The van der Waals surface area contributed by atoms with Crippen LogP contribution in [-0.2, 0) is 16.1 Å². The smallest absolute Gasteiger partial charge is 0.232 e. The number of para-hydroxylation sites is 1. The third kappa shape index (κ3) is 3.61. The van der Waals surface area contributed by atoms with E-state index in [1.165, 1.54) is 0 Å². The second-order valence-corrected chi connectivity index (χ2v) is 7.69. The van der Waals surface area contributed by atoms with Gasteiger partial charge in [0.05, 0.1) is 25.2 Å². The molecular weight excluding hydrogens is 334 g/mol. The van der Waals surface area contributed by atoms with E-state index in [0.29, 0.717) is 13.2 Å². The lowest BCUT2D eigenvalue weighted by Crippen LogP contribution is -2.49. The maximum Gasteiger partial charge on any atom is 0.232 e. The number of likely N-dealkylation sites (tertiary alicyclic amines) is 1. The predicted octanol–water partition coefficient (Wildman–Crippen LogP) is 2.71. The summed E-state index contributed by atoms with van der Waals surface area (Å²) in [4.78, 5) is 21.9. The molecule has 0 N–H and O–H groups in total. The summed E-state index contributed by atoms with van der Waals surface area (Å²) in [6.45, 7) is 5.81. The minimum atomic E-state index is -0.0445. The highest BCUT2D eigenvalue weighted by Gasteiger charge is 2.39. The van der Waals surface area contributed by atoms with Crippen LogP contribution in [0.4, 0.5) is 5.69 Å². The molecule has 2 aliphatic rings. The first-order chi connectivity index (χ1) is 12.2. The number of hydrogen-bond acceptors (Lipinski definition) is 5. The highest BCUT2D eigenvalue weighted by molar-refractivity contribution is 7.09. The van der Waals surface area contributed by atoms with Gasteiger partial charge in [-0.3, -0.25) is 9.69 Å². The molecular formula is C19H23N3O2S. The van der Waals surface area contributed by atoms with E-state index >= 15 is 0 Å². The minimum absolute atomic E-state index is 0.0176. The molecule has 2 saturated heterocycles. The Balaban J connectivity index is 1.45. The number of anilines is 1. The lowest BCUT2D eigenvalue weighted by molar-refractivity contribution is -0.128. The highest BCUT2D eigenvalue weighted by Crippen LogP contribution is 2.29. The molecule has 2 atom stereocenters. The van der Waals surface area contributed by atoms with E-state index in [4.69, 9.17) is 4.74 Å². The zero-order valence-electron chi connectivity index (χ0n) is 14.4. The number of rotatable bonds is 3. The second-order valence-electron chi connectivity index (χ2n) is 6.75. The Morgan fingerprint density at radius 1 is 1.28 bits per heavy atom. The van der Waals surface area contributed by atoms with Gasteiger partial charge in [0, 0.05) is 29.9 Å². The molecule has 6 heteroatoms. The molecule has 2 aliphatic heterocycles. The topological polar surface area (TPSA) is 45.7 Å². The Morgan fingerprint density at radius 3 is 2.88 bits per heavy atom. The number of benzene rings is 1. The monoisotopic (exact) mass is 357 g/mol. The summed E-state index contributed by atoms with van der Waals surface area (Å²) in [5.41, 5.74) is 2.05. The second kappa shape index (κ2) is 7.23. The lowest BCUT2D eigenvalue weighted by Gasteiger charge is -2.36. The van der Waals surface area contributed by atoms with Crippen molar-refractivity contribution >= 4 is 22.9 Å². The summed E-state index contributed by atoms with van der Waals surface area (Å²) >= 11 is 1.71. The fraction of sp³-hybridized carbons (Fsp3) is 0.474. The van der Waals surface area contributed by atoms with Crippen molar-refractivity contribution in [3.63, 3.8) is 0 Å². The molecule has 1 aromatic carbocycles. The van der Waals surface area contributed by atoms with Crippen LogP contribution in [0.25, 0.3) is 0 Å². The van der Waals surface area contributed by atoms with Crippen molar-refractivity contribution in [3.8, 4) is 0 Å². The number of hydrogen-bond donors (Lipinski definition) is 0. The molecule has 3 heterocycles. The van der Waals surface area contributed by atoms with E-state index in [2.05, 4.69) is 15.3 Å². The van der Waals surface area contributed by atoms with Crippen molar-refractivity contribution in [3.05, 3.63) is 46.4 Å². The summed E-state index contributed by atoms with van der Waals surface area (Å²) in [7, 11) is 0. The van der Waals surface area contributed by atoms with Crippen LogP contribution in [-0.4, -0.2) is 48.1 Å². The Labute approximate surface area is 152 Å². The molecule has 1 aromatic heterocycles. The third-order valence-corrected chi connectivity index (χ3v) is 5.92. The summed E-state index contributed by atoms with van der Waals surface area (Å²) in [6.07, 6.45) is 0.827. The Hall–Kier alpha value is -1.76. The molecule has 0 aliphatic carbocycles. The molecule has 2 fully saturated rings. The number of ether oxygens (including phenoxy) is 1. The number of carbonyl (C=O) groups is 1. The molecule has 1 amide bonds. The average Bonchev–Trinajstić information content (AvgIpc) is 2.96. The Kier molecular flexibility index (Phi) is 4.83.